The fourth-order valence-corrected chi connectivity index (χ4v) is 2.18. The molecule has 0 aliphatic carbocycles. The second-order valence-electron chi connectivity index (χ2n) is 4.97. The van der Waals surface area contributed by atoms with Crippen molar-refractivity contribution in [1.29, 1.82) is 0 Å². The highest BCUT2D eigenvalue weighted by Crippen LogP contribution is 2.28. The van der Waals surface area contributed by atoms with Gasteiger partial charge in [0.05, 0.1) is 0 Å². The number of halogens is 3. The summed E-state index contributed by atoms with van der Waals surface area (Å²) in [6.07, 6.45) is -3.03. The lowest BCUT2D eigenvalue weighted by atomic mass is 9.92. The van der Waals surface area contributed by atoms with Crippen LogP contribution in [0.5, 0.6) is 5.75 Å². The van der Waals surface area contributed by atoms with Crippen LogP contribution in [0.1, 0.15) is 25.3 Å². The molecule has 1 aliphatic rings. The minimum Gasteiger partial charge on any atom is -0.406 e. The maximum atomic E-state index is 12.1. The van der Waals surface area contributed by atoms with Crippen molar-refractivity contribution >= 4 is 5.78 Å². The summed E-state index contributed by atoms with van der Waals surface area (Å²) in [4.78, 5) is 12.1. The van der Waals surface area contributed by atoms with E-state index >= 15 is 0 Å². The van der Waals surface area contributed by atoms with Gasteiger partial charge in [-0.2, -0.15) is 0 Å². The van der Waals surface area contributed by atoms with Crippen molar-refractivity contribution in [3.05, 3.63) is 29.8 Å². The molecule has 0 N–H and O–H groups in total. The molecule has 1 unspecified atom stereocenters. The monoisotopic (exact) mass is 288 g/mol. The number of carbonyl (C=O) groups is 1. The highest BCUT2D eigenvalue weighted by molar-refractivity contribution is 5.89. The number of hydrogen-bond acceptors (Lipinski definition) is 3. The number of ketones is 1. The van der Waals surface area contributed by atoms with Gasteiger partial charge < -0.3 is 9.47 Å². The summed E-state index contributed by atoms with van der Waals surface area (Å²) in [6, 6.07) is 5.32. The van der Waals surface area contributed by atoms with Crippen LogP contribution in [0, 0.1) is 0 Å². The average Bonchev–Trinajstić information content (AvgIpc) is 2.78. The Bertz CT molecular complexity index is 473. The molecule has 0 spiro atoms. The van der Waals surface area contributed by atoms with Crippen LogP contribution in [0.4, 0.5) is 13.2 Å². The van der Waals surface area contributed by atoms with E-state index in [1.54, 1.807) is 6.92 Å². The molecule has 0 radical (unpaired) electrons. The lowest BCUT2D eigenvalue weighted by Gasteiger charge is -2.21. The zero-order chi connectivity index (χ0) is 14.8. The topological polar surface area (TPSA) is 35.5 Å². The second kappa shape index (κ2) is 5.44. The second-order valence-corrected chi connectivity index (χ2v) is 4.97. The van der Waals surface area contributed by atoms with E-state index in [1.165, 1.54) is 24.3 Å². The zero-order valence-electron chi connectivity index (χ0n) is 11.0. The van der Waals surface area contributed by atoms with Gasteiger partial charge in [-0.25, -0.2) is 0 Å². The lowest BCUT2D eigenvalue weighted by molar-refractivity contribution is -0.274. The number of Topliss-reactive ketones (excluding diaryl/α,β-unsaturated/α-hetero) is 1. The van der Waals surface area contributed by atoms with Crippen molar-refractivity contribution in [3.8, 4) is 5.75 Å². The summed E-state index contributed by atoms with van der Waals surface area (Å²) in [6.45, 7) is 2.32. The van der Waals surface area contributed by atoms with Crippen LogP contribution in [0.3, 0.4) is 0 Å². The Morgan fingerprint density at radius 2 is 2.00 bits per heavy atom. The van der Waals surface area contributed by atoms with Crippen LogP contribution < -0.4 is 4.74 Å². The molecule has 2 rings (SSSR count). The Morgan fingerprint density at radius 1 is 1.35 bits per heavy atom. The standard InChI is InChI=1S/C14H15F3O3/c1-13(7-2-8-19-13)12(18)9-10-3-5-11(6-4-10)20-14(15,16)17/h3-6H,2,7-9H2,1H3. The minimum absolute atomic E-state index is 0.0560. The molecule has 0 aromatic heterocycles. The maximum absolute atomic E-state index is 12.1. The lowest BCUT2D eigenvalue weighted by Crippen LogP contribution is -2.35. The van der Waals surface area contributed by atoms with Gasteiger partial charge in [-0.15, -0.1) is 13.2 Å². The van der Waals surface area contributed by atoms with Gasteiger partial charge in [-0.1, -0.05) is 12.1 Å². The first-order valence-electron chi connectivity index (χ1n) is 6.30. The number of benzene rings is 1. The Hall–Kier alpha value is -1.56. The van der Waals surface area contributed by atoms with Crippen LogP contribution in [0.15, 0.2) is 24.3 Å². The molecule has 1 aromatic rings. The predicted molar refractivity (Wildman–Crippen MR) is 65.4 cm³/mol. The van der Waals surface area contributed by atoms with Gasteiger partial charge >= 0.3 is 6.36 Å². The van der Waals surface area contributed by atoms with Crippen LogP contribution >= 0.6 is 0 Å². The molecule has 6 heteroatoms. The summed E-state index contributed by atoms with van der Waals surface area (Å²) in [5, 5.41) is 0. The van der Waals surface area contributed by atoms with Crippen molar-refractivity contribution in [2.45, 2.75) is 38.1 Å². The summed E-state index contributed by atoms with van der Waals surface area (Å²) >= 11 is 0. The Balaban J connectivity index is 1.98. The van der Waals surface area contributed by atoms with Gasteiger partial charge in [0, 0.05) is 13.0 Å². The number of hydrogen-bond donors (Lipinski definition) is 0. The van der Waals surface area contributed by atoms with Gasteiger partial charge in [-0.3, -0.25) is 4.79 Å². The summed E-state index contributed by atoms with van der Waals surface area (Å²) in [7, 11) is 0. The molecule has 1 atom stereocenters. The first-order valence-corrected chi connectivity index (χ1v) is 6.30. The molecule has 20 heavy (non-hydrogen) atoms. The summed E-state index contributed by atoms with van der Waals surface area (Å²) in [5.74, 6) is -0.350. The fraction of sp³-hybridized carbons (Fsp3) is 0.500. The van der Waals surface area contributed by atoms with E-state index in [2.05, 4.69) is 4.74 Å². The molecule has 0 amide bonds. The first kappa shape index (κ1) is 14.8. The SMILES string of the molecule is CC1(C(=O)Cc2ccc(OC(F)(F)F)cc2)CCCO1. The van der Waals surface area contributed by atoms with E-state index in [1.807, 2.05) is 0 Å². The highest BCUT2D eigenvalue weighted by Gasteiger charge is 2.37. The molecule has 1 heterocycles. The zero-order valence-corrected chi connectivity index (χ0v) is 11.0. The van der Waals surface area contributed by atoms with E-state index in [0.29, 0.717) is 18.6 Å². The summed E-state index contributed by atoms with van der Waals surface area (Å²) in [5.41, 5.74) is -0.123. The molecule has 110 valence electrons. The van der Waals surface area contributed by atoms with Crippen LogP contribution in [-0.4, -0.2) is 24.4 Å². The molecule has 1 saturated heterocycles. The molecule has 0 bridgehead atoms. The van der Waals surface area contributed by atoms with Crippen molar-refractivity contribution in [1.82, 2.24) is 0 Å². The van der Waals surface area contributed by atoms with Crippen molar-refractivity contribution < 1.29 is 27.4 Å². The molecular weight excluding hydrogens is 273 g/mol. The van der Waals surface area contributed by atoms with Gasteiger partial charge in [0.15, 0.2) is 5.78 Å². The third kappa shape index (κ3) is 3.72. The van der Waals surface area contributed by atoms with E-state index in [9.17, 15) is 18.0 Å². The van der Waals surface area contributed by atoms with Gasteiger partial charge in [0.1, 0.15) is 11.4 Å². The van der Waals surface area contributed by atoms with Crippen molar-refractivity contribution in [2.75, 3.05) is 6.61 Å². The van der Waals surface area contributed by atoms with Gasteiger partial charge in [0.25, 0.3) is 0 Å². The minimum atomic E-state index is -4.71. The molecule has 1 fully saturated rings. The summed E-state index contributed by atoms with van der Waals surface area (Å²) < 4.78 is 45.3. The third-order valence-electron chi connectivity index (χ3n) is 3.33. The highest BCUT2D eigenvalue weighted by atomic mass is 19.4. The molecule has 1 aliphatic heterocycles. The Kier molecular flexibility index (Phi) is 4.04. The molecule has 1 aromatic carbocycles. The van der Waals surface area contributed by atoms with Crippen LogP contribution in [0.25, 0.3) is 0 Å². The smallest absolute Gasteiger partial charge is 0.406 e. The van der Waals surface area contributed by atoms with Gasteiger partial charge in [-0.05, 0) is 37.5 Å². The number of rotatable bonds is 4. The Morgan fingerprint density at radius 3 is 2.50 bits per heavy atom. The van der Waals surface area contributed by atoms with Crippen molar-refractivity contribution in [2.24, 2.45) is 0 Å². The van der Waals surface area contributed by atoms with Crippen molar-refractivity contribution in [3.63, 3.8) is 0 Å². The fourth-order valence-electron chi connectivity index (χ4n) is 2.18. The third-order valence-corrected chi connectivity index (χ3v) is 3.33. The largest absolute Gasteiger partial charge is 0.573 e. The maximum Gasteiger partial charge on any atom is 0.573 e. The molecule has 0 saturated carbocycles. The quantitative estimate of drug-likeness (QED) is 0.853. The van der Waals surface area contributed by atoms with Crippen LogP contribution in [0.2, 0.25) is 0 Å². The average molecular weight is 288 g/mol. The normalized spacial score (nSPS) is 22.8. The van der Waals surface area contributed by atoms with E-state index in [0.717, 1.165) is 6.42 Å². The van der Waals surface area contributed by atoms with Crippen LogP contribution in [-0.2, 0) is 16.0 Å². The number of carbonyl (C=O) groups excluding carboxylic acids is 1. The van der Waals surface area contributed by atoms with E-state index in [4.69, 9.17) is 4.74 Å². The predicted octanol–water partition coefficient (Wildman–Crippen LogP) is 3.27. The number of ether oxygens (including phenoxy) is 2. The number of alkyl halides is 3. The van der Waals surface area contributed by atoms with E-state index < -0.39 is 12.0 Å². The Labute approximate surface area is 114 Å². The molecular formula is C14H15F3O3. The van der Waals surface area contributed by atoms with Gasteiger partial charge in [0.2, 0.25) is 0 Å². The first-order chi connectivity index (χ1) is 9.28. The molecule has 3 nitrogen and oxygen atoms in total. The van der Waals surface area contributed by atoms with E-state index in [-0.39, 0.29) is 18.0 Å².